The number of aromatic hydroxyl groups is 2. The molecular formula is C55H86N12O16. The van der Waals surface area contributed by atoms with Gasteiger partial charge in [-0.1, -0.05) is 52.0 Å². The van der Waals surface area contributed by atoms with Crippen LogP contribution in [0.5, 0.6) is 11.5 Å². The molecule has 0 heterocycles. The number of amides is 9. The van der Waals surface area contributed by atoms with Crippen LogP contribution in [0.25, 0.3) is 0 Å². The van der Waals surface area contributed by atoms with E-state index in [1.54, 1.807) is 39.8 Å². The molecule has 0 aromatic heterocycles. The van der Waals surface area contributed by atoms with Crippen LogP contribution in [0.2, 0.25) is 0 Å². The fraction of sp³-hybridized carbons (Fsp3) is 0.582. The number of nitrogens with one attached hydrogen (secondary N) is 8. The fourth-order valence-electron chi connectivity index (χ4n) is 8.48. The highest BCUT2D eigenvalue weighted by molar-refractivity contribution is 5.99. The Labute approximate surface area is 482 Å². The number of carboxylic acids is 2. The molecule has 0 radical (unpaired) electrons. The van der Waals surface area contributed by atoms with Gasteiger partial charge in [0, 0.05) is 12.8 Å². The summed E-state index contributed by atoms with van der Waals surface area (Å²) in [6.07, 6.45) is -3.03. The second kappa shape index (κ2) is 36.5. The molecule has 0 aliphatic carbocycles. The van der Waals surface area contributed by atoms with Crippen molar-refractivity contribution >= 4 is 65.1 Å². The topological polar surface area (TPSA) is 489 Å². The number of hydrogen-bond donors (Lipinski definition) is 17. The summed E-state index contributed by atoms with van der Waals surface area (Å²) in [4.78, 5) is 148. The molecule has 462 valence electrons. The van der Waals surface area contributed by atoms with Crippen LogP contribution in [-0.4, -0.2) is 164 Å². The minimum atomic E-state index is -1.84. The Bertz CT molecular complexity index is 2480. The van der Waals surface area contributed by atoms with E-state index in [9.17, 15) is 78.3 Å². The van der Waals surface area contributed by atoms with Gasteiger partial charge >= 0.3 is 11.9 Å². The van der Waals surface area contributed by atoms with Crippen LogP contribution in [0, 0.1) is 11.8 Å². The summed E-state index contributed by atoms with van der Waals surface area (Å²) in [5.74, 6) is -12.3. The summed E-state index contributed by atoms with van der Waals surface area (Å²) < 4.78 is 0. The molecule has 0 fully saturated rings. The molecule has 0 saturated heterocycles. The molecule has 28 nitrogen and oxygen atoms in total. The van der Waals surface area contributed by atoms with Gasteiger partial charge in [0.2, 0.25) is 53.2 Å². The van der Waals surface area contributed by atoms with E-state index in [1.165, 1.54) is 36.4 Å². The summed E-state index contributed by atoms with van der Waals surface area (Å²) in [6, 6.07) is -2.14. The Morgan fingerprint density at radius 3 is 1.28 bits per heavy atom. The number of carbonyl (C=O) groups is 11. The lowest BCUT2D eigenvalue weighted by atomic mass is 9.99. The quantitative estimate of drug-likeness (QED) is 0.0312. The summed E-state index contributed by atoms with van der Waals surface area (Å²) in [5.41, 5.74) is 24.1. The van der Waals surface area contributed by atoms with E-state index in [4.69, 9.17) is 22.9 Å². The zero-order valence-electron chi connectivity index (χ0n) is 47.7. The third-order valence-corrected chi connectivity index (χ3v) is 12.9. The monoisotopic (exact) mass is 1170 g/mol. The van der Waals surface area contributed by atoms with Gasteiger partial charge in [0.1, 0.15) is 59.8 Å². The molecule has 9 amide bonds. The Morgan fingerprint density at radius 2 is 0.831 bits per heavy atom. The molecule has 83 heavy (non-hydrogen) atoms. The Hall–Kier alpha value is -7.95. The van der Waals surface area contributed by atoms with Gasteiger partial charge < -0.3 is 91.0 Å². The van der Waals surface area contributed by atoms with Crippen molar-refractivity contribution in [1.82, 2.24) is 42.5 Å². The van der Waals surface area contributed by atoms with Crippen molar-refractivity contribution in [1.29, 1.82) is 0 Å². The van der Waals surface area contributed by atoms with Crippen molar-refractivity contribution in [3.63, 3.8) is 0 Å². The largest absolute Gasteiger partial charge is 0.508 e. The number of carbonyl (C=O) groups excluding carboxylic acids is 9. The molecule has 0 spiro atoms. The lowest BCUT2D eigenvalue weighted by Gasteiger charge is -2.29. The number of primary amides is 1. The maximum atomic E-state index is 14.4. The number of rotatable bonds is 39. The minimum absolute atomic E-state index is 0.00213. The number of hydrogen-bond acceptors (Lipinski definition) is 17. The van der Waals surface area contributed by atoms with E-state index < -0.39 is 145 Å². The smallest absolute Gasteiger partial charge is 0.326 e. The van der Waals surface area contributed by atoms with Gasteiger partial charge in [-0.2, -0.15) is 0 Å². The van der Waals surface area contributed by atoms with Crippen LogP contribution in [0.4, 0.5) is 0 Å². The fourth-order valence-corrected chi connectivity index (χ4v) is 8.48. The average molecular weight is 1170 g/mol. The van der Waals surface area contributed by atoms with Crippen LogP contribution in [-0.2, 0) is 65.6 Å². The third kappa shape index (κ3) is 27.1. The molecule has 2 aromatic carbocycles. The van der Waals surface area contributed by atoms with Crippen LogP contribution in [0.15, 0.2) is 48.5 Å². The first kappa shape index (κ1) is 71.2. The number of aliphatic carboxylic acids is 2. The van der Waals surface area contributed by atoms with Gasteiger partial charge in [-0.05, 0) is 131 Å². The maximum Gasteiger partial charge on any atom is 0.326 e. The maximum absolute atomic E-state index is 14.4. The Morgan fingerprint density at radius 1 is 0.458 bits per heavy atom. The van der Waals surface area contributed by atoms with E-state index >= 15 is 0 Å². The van der Waals surface area contributed by atoms with Gasteiger partial charge in [-0.25, -0.2) is 4.79 Å². The Balaban J connectivity index is 2.48. The summed E-state index contributed by atoms with van der Waals surface area (Å²) in [5, 5.41) is 69.4. The molecule has 0 aliphatic rings. The van der Waals surface area contributed by atoms with Crippen molar-refractivity contribution in [2.75, 3.05) is 13.1 Å². The highest BCUT2D eigenvalue weighted by atomic mass is 16.4. The van der Waals surface area contributed by atoms with Gasteiger partial charge in [0.15, 0.2) is 0 Å². The van der Waals surface area contributed by atoms with Crippen LogP contribution >= 0.6 is 0 Å². The predicted molar refractivity (Wildman–Crippen MR) is 302 cm³/mol. The number of unbranched alkanes of at least 4 members (excludes halogenated alkanes) is 2. The summed E-state index contributed by atoms with van der Waals surface area (Å²) >= 11 is 0. The van der Waals surface area contributed by atoms with E-state index in [2.05, 4.69) is 42.5 Å². The average Bonchev–Trinajstić information content (AvgIpc) is 3.42. The predicted octanol–water partition coefficient (Wildman–Crippen LogP) is -2.36. The normalized spacial score (nSPS) is 14.8. The number of carboxylic acid groups (broad SMARTS) is 2. The van der Waals surface area contributed by atoms with Crippen LogP contribution in [0.1, 0.15) is 116 Å². The molecule has 0 unspecified atom stereocenters. The first-order valence-corrected chi connectivity index (χ1v) is 27.6. The molecule has 28 heteroatoms. The van der Waals surface area contributed by atoms with Crippen molar-refractivity contribution in [2.24, 2.45) is 34.8 Å². The van der Waals surface area contributed by atoms with E-state index in [1.807, 2.05) is 0 Å². The number of aliphatic hydroxyl groups is 1. The molecule has 10 atom stereocenters. The molecule has 0 saturated carbocycles. The van der Waals surface area contributed by atoms with Crippen molar-refractivity contribution in [3.8, 4) is 11.5 Å². The lowest BCUT2D eigenvalue weighted by molar-refractivity contribution is -0.143. The Kier molecular flexibility index (Phi) is 31.3. The minimum Gasteiger partial charge on any atom is -0.508 e. The number of nitrogens with two attached hydrogens (primary N) is 4. The lowest BCUT2D eigenvalue weighted by Crippen LogP contribution is -2.62. The zero-order chi connectivity index (χ0) is 62.5. The molecule has 21 N–H and O–H groups in total. The van der Waals surface area contributed by atoms with Crippen LogP contribution in [0.3, 0.4) is 0 Å². The second-order valence-corrected chi connectivity index (χ2v) is 21.3. The standard InChI is InChI=1S/C55H86N12O16/c1-29(2)24-40(63-47(74)36(58)26-32-12-16-34(69)17-13-32)51(78)64-41(27-33-14-18-35(70)19-15-33)52(79)65-42(28-44(59)71)53(80)60-37(10-6-8-22-56)48(75)61-39(20-21-45(72)73)50(77)67-46(31(5)68)54(81)62-38(11-7-9-23-57)49(76)66-43(55(82)83)25-30(3)4/h12-19,29-31,36-43,46,68-70H,6-11,20-28,56-58H2,1-5H3,(H2,59,71)(H,60,80)(H,61,75)(H,62,81)(H,63,74)(H,64,78)(H,65,79)(H,66,76)(H,67,77)(H,72,73)(H,82,83)/t31-,36+,37+,38+,39+,40+,41+,42+,43+,46+/m1/s1. The van der Waals surface area contributed by atoms with Gasteiger partial charge in [-0.15, -0.1) is 0 Å². The number of phenolic OH excluding ortho intramolecular Hbond substituents is 2. The van der Waals surface area contributed by atoms with Gasteiger partial charge in [-0.3, -0.25) is 47.9 Å². The zero-order valence-corrected chi connectivity index (χ0v) is 47.7. The molecule has 2 aromatic rings. The summed E-state index contributed by atoms with van der Waals surface area (Å²) in [7, 11) is 0. The first-order valence-electron chi connectivity index (χ1n) is 27.6. The number of aliphatic hydroxyl groups excluding tert-OH is 1. The highest BCUT2D eigenvalue weighted by Crippen LogP contribution is 2.16. The van der Waals surface area contributed by atoms with Crippen molar-refractivity contribution in [2.45, 2.75) is 179 Å². The van der Waals surface area contributed by atoms with E-state index in [0.717, 1.165) is 6.92 Å². The molecule has 0 aliphatic heterocycles. The number of phenols is 2. The molecular weight excluding hydrogens is 1080 g/mol. The third-order valence-electron chi connectivity index (χ3n) is 12.9. The van der Waals surface area contributed by atoms with Gasteiger partial charge in [0.05, 0.1) is 18.6 Å². The van der Waals surface area contributed by atoms with E-state index in [-0.39, 0.29) is 81.4 Å². The summed E-state index contributed by atoms with van der Waals surface area (Å²) in [6.45, 7) is 8.53. The van der Waals surface area contributed by atoms with Crippen molar-refractivity contribution < 1.29 is 78.3 Å². The molecule has 0 bridgehead atoms. The number of benzene rings is 2. The SMILES string of the molecule is CC(C)C[C@H](NC(=O)[C@H](CCCCN)NC(=O)[C@@H](NC(=O)[C@H](CCC(=O)O)NC(=O)[C@H](CCCCN)NC(=O)[C@H](CC(N)=O)NC(=O)[C@H](Cc1ccc(O)cc1)NC(=O)[C@H](CC(C)C)NC(=O)[C@@H](N)Cc1ccc(O)cc1)[C@@H](C)O)C(=O)O. The van der Waals surface area contributed by atoms with Crippen LogP contribution < -0.4 is 65.5 Å². The van der Waals surface area contributed by atoms with E-state index in [0.29, 0.717) is 30.4 Å². The highest BCUT2D eigenvalue weighted by Gasteiger charge is 2.37. The molecule has 2 rings (SSSR count). The second-order valence-electron chi connectivity index (χ2n) is 21.3. The van der Waals surface area contributed by atoms with Gasteiger partial charge in [0.25, 0.3) is 0 Å². The van der Waals surface area contributed by atoms with Crippen molar-refractivity contribution in [3.05, 3.63) is 59.7 Å². The first-order chi connectivity index (χ1) is 39.0.